The van der Waals surface area contributed by atoms with Gasteiger partial charge in [-0.1, -0.05) is 22.9 Å². The minimum atomic E-state index is -0.165. The van der Waals surface area contributed by atoms with Gasteiger partial charge in [-0.3, -0.25) is 0 Å². The van der Waals surface area contributed by atoms with Crippen LogP contribution in [0.2, 0.25) is 0 Å². The molecule has 0 bridgehead atoms. The van der Waals surface area contributed by atoms with Crippen molar-refractivity contribution in [2.45, 2.75) is 38.6 Å². The van der Waals surface area contributed by atoms with Crippen LogP contribution < -0.4 is 5.32 Å². The molecule has 4 heteroatoms. The van der Waals surface area contributed by atoms with Crippen LogP contribution in [-0.2, 0) is 11.2 Å². The number of halogens is 2. The molecule has 1 saturated heterocycles. The maximum Gasteiger partial charge on any atom is 0.123 e. The molecule has 0 radical (unpaired) electrons. The zero-order valence-corrected chi connectivity index (χ0v) is 13.6. The number of rotatable bonds is 7. The third-order valence-corrected chi connectivity index (χ3v) is 4.57. The molecule has 0 aliphatic carbocycles. The molecule has 0 amide bonds. The lowest BCUT2D eigenvalue weighted by Gasteiger charge is -2.22. The third-order valence-electron chi connectivity index (χ3n) is 3.80. The monoisotopic (exact) mass is 343 g/mol. The standard InChI is InChI=1S/C16H23BrFNO/c1-2-6-19-15(8-12-5-7-20-11-12)10-13-9-14(18)3-4-16(13)17/h3-4,9,12,15,19H,2,5-8,10-11H2,1H3. The first-order valence-electron chi connectivity index (χ1n) is 7.44. The Labute approximate surface area is 129 Å². The SMILES string of the molecule is CCCNC(Cc1cc(F)ccc1Br)CC1CCOC1. The largest absolute Gasteiger partial charge is 0.381 e. The molecule has 0 spiro atoms. The highest BCUT2D eigenvalue weighted by atomic mass is 79.9. The normalized spacial score (nSPS) is 20.2. The molecule has 1 aromatic rings. The van der Waals surface area contributed by atoms with E-state index in [-0.39, 0.29) is 5.82 Å². The van der Waals surface area contributed by atoms with Gasteiger partial charge in [0, 0.05) is 23.7 Å². The highest BCUT2D eigenvalue weighted by Crippen LogP contribution is 2.24. The van der Waals surface area contributed by atoms with E-state index in [9.17, 15) is 4.39 Å². The lowest BCUT2D eigenvalue weighted by Crippen LogP contribution is -2.34. The number of hydrogen-bond donors (Lipinski definition) is 1. The molecular formula is C16H23BrFNO. The average molecular weight is 344 g/mol. The lowest BCUT2D eigenvalue weighted by atomic mass is 9.94. The maximum absolute atomic E-state index is 13.4. The van der Waals surface area contributed by atoms with Crippen molar-refractivity contribution in [2.24, 2.45) is 5.92 Å². The van der Waals surface area contributed by atoms with Gasteiger partial charge in [0.1, 0.15) is 5.82 Å². The molecule has 2 nitrogen and oxygen atoms in total. The second kappa shape index (κ2) is 8.11. The smallest absolute Gasteiger partial charge is 0.123 e. The Morgan fingerprint density at radius 2 is 2.35 bits per heavy atom. The molecule has 20 heavy (non-hydrogen) atoms. The van der Waals surface area contributed by atoms with Gasteiger partial charge in [-0.05, 0) is 61.9 Å². The Bertz CT molecular complexity index is 421. The summed E-state index contributed by atoms with van der Waals surface area (Å²) >= 11 is 3.52. The van der Waals surface area contributed by atoms with Crippen LogP contribution >= 0.6 is 15.9 Å². The predicted molar refractivity (Wildman–Crippen MR) is 83.4 cm³/mol. The molecule has 1 heterocycles. The van der Waals surface area contributed by atoms with Crippen LogP contribution in [-0.4, -0.2) is 25.8 Å². The van der Waals surface area contributed by atoms with E-state index in [1.165, 1.54) is 6.07 Å². The van der Waals surface area contributed by atoms with Gasteiger partial charge in [0.2, 0.25) is 0 Å². The van der Waals surface area contributed by atoms with Gasteiger partial charge < -0.3 is 10.1 Å². The molecule has 1 aromatic carbocycles. The first-order valence-corrected chi connectivity index (χ1v) is 8.23. The van der Waals surface area contributed by atoms with Crippen molar-refractivity contribution >= 4 is 15.9 Å². The highest BCUT2D eigenvalue weighted by molar-refractivity contribution is 9.10. The Balaban J connectivity index is 1.99. The average Bonchev–Trinajstić information content (AvgIpc) is 2.93. The van der Waals surface area contributed by atoms with Crippen molar-refractivity contribution in [3.05, 3.63) is 34.1 Å². The Hall–Kier alpha value is -0.450. The van der Waals surface area contributed by atoms with E-state index in [0.717, 1.165) is 55.5 Å². The minimum absolute atomic E-state index is 0.165. The van der Waals surface area contributed by atoms with Gasteiger partial charge >= 0.3 is 0 Å². The van der Waals surface area contributed by atoms with Gasteiger partial charge in [0.05, 0.1) is 0 Å². The van der Waals surface area contributed by atoms with Crippen molar-refractivity contribution in [1.82, 2.24) is 5.32 Å². The lowest BCUT2D eigenvalue weighted by molar-refractivity contribution is 0.181. The summed E-state index contributed by atoms with van der Waals surface area (Å²) in [7, 11) is 0. The van der Waals surface area contributed by atoms with Gasteiger partial charge in [-0.2, -0.15) is 0 Å². The summed E-state index contributed by atoms with van der Waals surface area (Å²) in [6, 6.07) is 5.31. The zero-order chi connectivity index (χ0) is 14.4. The van der Waals surface area contributed by atoms with Crippen LogP contribution in [0.15, 0.2) is 22.7 Å². The molecule has 1 fully saturated rings. The van der Waals surface area contributed by atoms with E-state index in [1.54, 1.807) is 12.1 Å². The second-order valence-electron chi connectivity index (χ2n) is 5.56. The minimum Gasteiger partial charge on any atom is -0.381 e. The van der Waals surface area contributed by atoms with Crippen molar-refractivity contribution in [2.75, 3.05) is 19.8 Å². The molecule has 1 aliphatic heterocycles. The van der Waals surface area contributed by atoms with Crippen molar-refractivity contribution in [1.29, 1.82) is 0 Å². The van der Waals surface area contributed by atoms with E-state index >= 15 is 0 Å². The third kappa shape index (κ3) is 4.83. The van der Waals surface area contributed by atoms with Crippen LogP contribution in [0.3, 0.4) is 0 Å². The first kappa shape index (κ1) is 15.9. The van der Waals surface area contributed by atoms with Crippen LogP contribution in [0, 0.1) is 11.7 Å². The predicted octanol–water partition coefficient (Wildman–Crippen LogP) is 3.93. The molecule has 2 atom stereocenters. The number of nitrogens with one attached hydrogen (secondary N) is 1. The summed E-state index contributed by atoms with van der Waals surface area (Å²) < 4.78 is 19.8. The Kier molecular flexibility index (Phi) is 6.46. The summed E-state index contributed by atoms with van der Waals surface area (Å²) in [6.07, 6.45) is 4.22. The number of benzene rings is 1. The Morgan fingerprint density at radius 3 is 3.05 bits per heavy atom. The van der Waals surface area contributed by atoms with Crippen LogP contribution in [0.4, 0.5) is 4.39 Å². The number of hydrogen-bond acceptors (Lipinski definition) is 2. The molecule has 0 saturated carbocycles. The van der Waals surface area contributed by atoms with E-state index in [0.29, 0.717) is 12.0 Å². The zero-order valence-electron chi connectivity index (χ0n) is 12.0. The van der Waals surface area contributed by atoms with Crippen molar-refractivity contribution in [3.63, 3.8) is 0 Å². The van der Waals surface area contributed by atoms with E-state index in [1.807, 2.05) is 0 Å². The molecular weight excluding hydrogens is 321 g/mol. The molecule has 1 aliphatic rings. The van der Waals surface area contributed by atoms with E-state index in [2.05, 4.69) is 28.2 Å². The highest BCUT2D eigenvalue weighted by Gasteiger charge is 2.21. The van der Waals surface area contributed by atoms with Gasteiger partial charge in [0.15, 0.2) is 0 Å². The quantitative estimate of drug-likeness (QED) is 0.809. The second-order valence-corrected chi connectivity index (χ2v) is 6.41. The van der Waals surface area contributed by atoms with Crippen LogP contribution in [0.1, 0.15) is 31.7 Å². The summed E-state index contributed by atoms with van der Waals surface area (Å²) in [5.74, 6) is 0.471. The molecule has 112 valence electrons. The fourth-order valence-corrected chi connectivity index (χ4v) is 3.13. The maximum atomic E-state index is 13.4. The summed E-state index contributed by atoms with van der Waals surface area (Å²) in [5, 5.41) is 3.59. The van der Waals surface area contributed by atoms with E-state index in [4.69, 9.17) is 4.74 Å². The first-order chi connectivity index (χ1) is 9.69. The molecule has 2 rings (SSSR count). The fraction of sp³-hybridized carbons (Fsp3) is 0.625. The van der Waals surface area contributed by atoms with Crippen LogP contribution in [0.25, 0.3) is 0 Å². The summed E-state index contributed by atoms with van der Waals surface area (Å²) in [4.78, 5) is 0. The van der Waals surface area contributed by atoms with Gasteiger partial charge in [0.25, 0.3) is 0 Å². The molecule has 0 aromatic heterocycles. The van der Waals surface area contributed by atoms with E-state index < -0.39 is 0 Å². The van der Waals surface area contributed by atoms with Gasteiger partial charge in [-0.25, -0.2) is 4.39 Å². The molecule has 1 N–H and O–H groups in total. The topological polar surface area (TPSA) is 21.3 Å². The van der Waals surface area contributed by atoms with Gasteiger partial charge in [-0.15, -0.1) is 0 Å². The summed E-state index contributed by atoms with van der Waals surface area (Å²) in [5.41, 5.74) is 1.04. The van der Waals surface area contributed by atoms with Crippen LogP contribution in [0.5, 0.6) is 0 Å². The Morgan fingerprint density at radius 1 is 1.50 bits per heavy atom. The number of ether oxygens (including phenoxy) is 1. The fourth-order valence-electron chi connectivity index (χ4n) is 2.72. The summed E-state index contributed by atoms with van der Waals surface area (Å²) in [6.45, 7) is 4.93. The molecule has 2 unspecified atom stereocenters. The van der Waals surface area contributed by atoms with Crippen molar-refractivity contribution < 1.29 is 9.13 Å². The van der Waals surface area contributed by atoms with Crippen molar-refractivity contribution in [3.8, 4) is 0 Å².